The van der Waals surface area contributed by atoms with Crippen LogP contribution in [0.5, 0.6) is 0 Å². The second kappa shape index (κ2) is 4.56. The van der Waals surface area contributed by atoms with Crippen LogP contribution in [0.4, 0.5) is 0 Å². The summed E-state index contributed by atoms with van der Waals surface area (Å²) in [6, 6.07) is 8.49. The topological polar surface area (TPSA) is 41.6 Å². The number of aromatic nitrogens is 3. The zero-order valence-corrected chi connectivity index (χ0v) is 11.8. The molecular weight excluding hydrogens is 222 g/mol. The molecule has 1 aromatic carbocycles. The smallest absolute Gasteiger partial charge is 0.181 e. The van der Waals surface area contributed by atoms with Crippen molar-refractivity contribution in [3.05, 3.63) is 35.7 Å². The molecule has 2 aromatic rings. The highest BCUT2D eigenvalue weighted by Gasteiger charge is 2.14. The van der Waals surface area contributed by atoms with Gasteiger partial charge in [0.05, 0.1) is 0 Å². The van der Waals surface area contributed by atoms with Gasteiger partial charge in [0.15, 0.2) is 5.82 Å². The van der Waals surface area contributed by atoms with E-state index in [9.17, 15) is 0 Å². The summed E-state index contributed by atoms with van der Waals surface area (Å²) in [6.45, 7) is 10.9. The van der Waals surface area contributed by atoms with Crippen LogP contribution in [-0.4, -0.2) is 15.2 Å². The Morgan fingerprint density at radius 3 is 2.11 bits per heavy atom. The summed E-state index contributed by atoms with van der Waals surface area (Å²) in [5.41, 5.74) is 2.57. The Bertz CT molecular complexity index is 515. The fourth-order valence-corrected chi connectivity index (χ4v) is 1.78. The third-order valence-corrected chi connectivity index (χ3v) is 3.06. The molecule has 1 aromatic heterocycles. The number of hydrogen-bond donors (Lipinski definition) is 1. The van der Waals surface area contributed by atoms with E-state index in [4.69, 9.17) is 0 Å². The molecule has 0 saturated carbocycles. The molecule has 0 atom stereocenters. The second-order valence-corrected chi connectivity index (χ2v) is 6.03. The van der Waals surface area contributed by atoms with Gasteiger partial charge in [0, 0.05) is 11.5 Å². The SMILES string of the molecule is CC(C)c1nc(-c2ccc(C(C)(C)C)cc2)n[nH]1. The van der Waals surface area contributed by atoms with Crippen LogP contribution in [0, 0.1) is 0 Å². The van der Waals surface area contributed by atoms with E-state index >= 15 is 0 Å². The summed E-state index contributed by atoms with van der Waals surface area (Å²) in [4.78, 5) is 4.51. The molecule has 0 radical (unpaired) electrons. The first-order valence-electron chi connectivity index (χ1n) is 6.41. The van der Waals surface area contributed by atoms with Gasteiger partial charge in [-0.1, -0.05) is 58.9 Å². The van der Waals surface area contributed by atoms with Gasteiger partial charge in [-0.25, -0.2) is 4.98 Å². The zero-order chi connectivity index (χ0) is 13.3. The van der Waals surface area contributed by atoms with Gasteiger partial charge in [0.2, 0.25) is 0 Å². The normalized spacial score (nSPS) is 12.1. The van der Waals surface area contributed by atoms with E-state index in [2.05, 4.69) is 74.1 Å². The quantitative estimate of drug-likeness (QED) is 0.869. The molecule has 0 fully saturated rings. The lowest BCUT2D eigenvalue weighted by atomic mass is 9.87. The van der Waals surface area contributed by atoms with Crippen molar-refractivity contribution in [3.63, 3.8) is 0 Å². The van der Waals surface area contributed by atoms with Crippen molar-refractivity contribution in [3.8, 4) is 11.4 Å². The summed E-state index contributed by atoms with van der Waals surface area (Å²) in [7, 11) is 0. The van der Waals surface area contributed by atoms with Crippen LogP contribution in [0.1, 0.15) is 51.9 Å². The molecule has 3 nitrogen and oxygen atoms in total. The highest BCUT2D eigenvalue weighted by Crippen LogP contribution is 2.25. The average molecular weight is 243 g/mol. The van der Waals surface area contributed by atoms with E-state index in [1.807, 2.05) is 0 Å². The minimum atomic E-state index is 0.181. The molecule has 3 heteroatoms. The molecular formula is C15H21N3. The fourth-order valence-electron chi connectivity index (χ4n) is 1.78. The second-order valence-electron chi connectivity index (χ2n) is 6.03. The lowest BCUT2D eigenvalue weighted by Crippen LogP contribution is -2.10. The van der Waals surface area contributed by atoms with Gasteiger partial charge in [0.1, 0.15) is 5.82 Å². The van der Waals surface area contributed by atoms with Crippen LogP contribution in [-0.2, 0) is 5.41 Å². The number of aromatic amines is 1. The van der Waals surface area contributed by atoms with Crippen molar-refractivity contribution >= 4 is 0 Å². The van der Waals surface area contributed by atoms with Crippen LogP contribution in [0.15, 0.2) is 24.3 Å². The number of benzene rings is 1. The minimum absolute atomic E-state index is 0.181. The van der Waals surface area contributed by atoms with Crippen molar-refractivity contribution in [2.24, 2.45) is 0 Å². The Kier molecular flexibility index (Phi) is 3.24. The van der Waals surface area contributed by atoms with Crippen molar-refractivity contribution in [2.45, 2.75) is 46.0 Å². The molecule has 0 aliphatic rings. The molecule has 1 heterocycles. The Balaban J connectivity index is 2.29. The van der Waals surface area contributed by atoms with E-state index in [1.54, 1.807) is 0 Å². The van der Waals surface area contributed by atoms with Gasteiger partial charge >= 0.3 is 0 Å². The van der Waals surface area contributed by atoms with Gasteiger partial charge < -0.3 is 0 Å². The fraction of sp³-hybridized carbons (Fsp3) is 0.467. The van der Waals surface area contributed by atoms with Gasteiger partial charge in [-0.3, -0.25) is 5.10 Å². The van der Waals surface area contributed by atoms with Crippen LogP contribution in [0.25, 0.3) is 11.4 Å². The highest BCUT2D eigenvalue weighted by molar-refractivity contribution is 5.55. The third-order valence-electron chi connectivity index (χ3n) is 3.06. The van der Waals surface area contributed by atoms with E-state index in [0.717, 1.165) is 17.2 Å². The number of rotatable bonds is 2. The van der Waals surface area contributed by atoms with E-state index in [1.165, 1.54) is 5.56 Å². The van der Waals surface area contributed by atoms with Crippen molar-refractivity contribution < 1.29 is 0 Å². The number of hydrogen-bond acceptors (Lipinski definition) is 2. The van der Waals surface area contributed by atoms with Crippen LogP contribution in [0.3, 0.4) is 0 Å². The van der Waals surface area contributed by atoms with Gasteiger partial charge in [-0.05, 0) is 11.0 Å². The maximum Gasteiger partial charge on any atom is 0.181 e. The first-order chi connectivity index (χ1) is 8.38. The maximum absolute atomic E-state index is 4.51. The predicted octanol–water partition coefficient (Wildman–Crippen LogP) is 3.89. The number of nitrogens with zero attached hydrogens (tertiary/aromatic N) is 2. The molecule has 1 N–H and O–H groups in total. The van der Waals surface area contributed by atoms with E-state index in [0.29, 0.717) is 5.92 Å². The zero-order valence-electron chi connectivity index (χ0n) is 11.8. The molecule has 0 unspecified atom stereocenters. The lowest BCUT2D eigenvalue weighted by molar-refractivity contribution is 0.590. The predicted molar refractivity (Wildman–Crippen MR) is 74.6 cm³/mol. The molecule has 0 saturated heterocycles. The van der Waals surface area contributed by atoms with Gasteiger partial charge in [0.25, 0.3) is 0 Å². The molecule has 96 valence electrons. The van der Waals surface area contributed by atoms with Crippen LogP contribution >= 0.6 is 0 Å². The maximum atomic E-state index is 4.51. The third kappa shape index (κ3) is 2.61. The Labute approximate surface area is 109 Å². The first kappa shape index (κ1) is 12.8. The van der Waals surface area contributed by atoms with Gasteiger partial charge in [-0.15, -0.1) is 0 Å². The molecule has 0 amide bonds. The van der Waals surface area contributed by atoms with Crippen LogP contribution in [0.2, 0.25) is 0 Å². The molecule has 0 bridgehead atoms. The Hall–Kier alpha value is -1.64. The largest absolute Gasteiger partial charge is 0.262 e. The van der Waals surface area contributed by atoms with E-state index in [-0.39, 0.29) is 5.41 Å². The highest BCUT2D eigenvalue weighted by atomic mass is 15.2. The monoisotopic (exact) mass is 243 g/mol. The summed E-state index contributed by atoms with van der Waals surface area (Å²) in [6.07, 6.45) is 0. The lowest BCUT2D eigenvalue weighted by Gasteiger charge is -2.18. The summed E-state index contributed by atoms with van der Waals surface area (Å²) >= 11 is 0. The summed E-state index contributed by atoms with van der Waals surface area (Å²) in [5.74, 6) is 2.09. The molecule has 0 aliphatic heterocycles. The van der Waals surface area contributed by atoms with Crippen molar-refractivity contribution in [1.29, 1.82) is 0 Å². The molecule has 0 aliphatic carbocycles. The minimum Gasteiger partial charge on any atom is -0.262 e. The summed E-state index contributed by atoms with van der Waals surface area (Å²) in [5, 5.41) is 7.25. The Morgan fingerprint density at radius 2 is 1.67 bits per heavy atom. The van der Waals surface area contributed by atoms with Crippen molar-refractivity contribution in [1.82, 2.24) is 15.2 Å². The van der Waals surface area contributed by atoms with Crippen LogP contribution < -0.4 is 0 Å². The van der Waals surface area contributed by atoms with Gasteiger partial charge in [-0.2, -0.15) is 5.10 Å². The average Bonchev–Trinajstić information content (AvgIpc) is 2.77. The molecule has 18 heavy (non-hydrogen) atoms. The van der Waals surface area contributed by atoms with Crippen molar-refractivity contribution in [2.75, 3.05) is 0 Å². The molecule has 2 rings (SSSR count). The summed E-state index contributed by atoms with van der Waals surface area (Å²) < 4.78 is 0. The number of nitrogens with one attached hydrogen (secondary N) is 1. The van der Waals surface area contributed by atoms with E-state index < -0.39 is 0 Å². The Morgan fingerprint density at radius 1 is 1.06 bits per heavy atom. The number of H-pyrrole nitrogens is 1. The molecule has 0 spiro atoms. The first-order valence-corrected chi connectivity index (χ1v) is 6.41. The standard InChI is InChI=1S/C15H21N3/c1-10(2)13-16-14(18-17-13)11-6-8-12(9-7-11)15(3,4)5/h6-10H,1-5H3,(H,16,17,18).